The van der Waals surface area contributed by atoms with E-state index < -0.39 is 11.7 Å². The van der Waals surface area contributed by atoms with Crippen molar-refractivity contribution in [1.82, 2.24) is 9.88 Å². The molecule has 1 aromatic heterocycles. The normalized spacial score (nSPS) is 26.1. The maximum Gasteiger partial charge on any atom is 0.418 e. The van der Waals surface area contributed by atoms with Crippen molar-refractivity contribution in [2.75, 3.05) is 25.0 Å². The summed E-state index contributed by atoms with van der Waals surface area (Å²) < 4.78 is 40.2. The van der Waals surface area contributed by atoms with Crippen LogP contribution in [0.25, 0.3) is 0 Å². The van der Waals surface area contributed by atoms with Gasteiger partial charge in [-0.05, 0) is 50.1 Å². The summed E-state index contributed by atoms with van der Waals surface area (Å²) in [5.74, 6) is 0.546. The van der Waals surface area contributed by atoms with Crippen molar-refractivity contribution in [1.29, 1.82) is 0 Å². The second kappa shape index (κ2) is 7.89. The lowest BCUT2D eigenvalue weighted by Crippen LogP contribution is -2.50. The molecule has 0 spiro atoms. The highest BCUT2D eigenvalue weighted by molar-refractivity contribution is 5.79. The van der Waals surface area contributed by atoms with Crippen molar-refractivity contribution in [3.8, 4) is 0 Å². The molecule has 5 nitrogen and oxygen atoms in total. The van der Waals surface area contributed by atoms with Gasteiger partial charge in [0.1, 0.15) is 0 Å². The molecular weight excluding hydrogens is 369 g/mol. The summed E-state index contributed by atoms with van der Waals surface area (Å²) in [5, 5.41) is 0. The van der Waals surface area contributed by atoms with E-state index in [1.807, 2.05) is 11.9 Å². The molecule has 1 saturated carbocycles. The van der Waals surface area contributed by atoms with Gasteiger partial charge in [0.05, 0.1) is 23.5 Å². The van der Waals surface area contributed by atoms with Crippen LogP contribution < -0.4 is 10.6 Å². The van der Waals surface area contributed by atoms with Crippen LogP contribution in [0.1, 0.15) is 38.7 Å². The van der Waals surface area contributed by atoms with E-state index in [4.69, 9.17) is 5.73 Å². The first-order valence-electron chi connectivity index (χ1n) is 9.87. The lowest BCUT2D eigenvalue weighted by atomic mass is 9.94. The van der Waals surface area contributed by atoms with E-state index in [2.05, 4.69) is 23.7 Å². The Morgan fingerprint density at radius 2 is 2.07 bits per heavy atom. The topological polar surface area (TPSA) is 62.5 Å². The van der Waals surface area contributed by atoms with Crippen LogP contribution in [0, 0.1) is 17.8 Å². The maximum atomic E-state index is 13.4. The summed E-state index contributed by atoms with van der Waals surface area (Å²) in [6, 6.07) is 0.845. The van der Waals surface area contributed by atoms with Gasteiger partial charge in [0.25, 0.3) is 0 Å². The van der Waals surface area contributed by atoms with Crippen LogP contribution in [-0.2, 0) is 11.0 Å². The van der Waals surface area contributed by atoms with Gasteiger partial charge in [-0.2, -0.15) is 13.2 Å². The van der Waals surface area contributed by atoms with Gasteiger partial charge in [-0.15, -0.1) is 0 Å². The van der Waals surface area contributed by atoms with E-state index in [0.29, 0.717) is 31.3 Å². The molecule has 8 heteroatoms. The third-order valence-corrected chi connectivity index (χ3v) is 6.30. The minimum Gasteiger partial charge on any atom is -0.369 e. The number of likely N-dealkylation sites (N-methyl/N-ethyl adjacent to an activating group) is 1. The highest BCUT2D eigenvalue weighted by atomic mass is 19.4. The van der Waals surface area contributed by atoms with Crippen LogP contribution in [0.4, 0.5) is 18.9 Å². The number of anilines is 1. The van der Waals surface area contributed by atoms with Crippen molar-refractivity contribution in [3.05, 3.63) is 24.0 Å². The molecule has 0 bridgehead atoms. The van der Waals surface area contributed by atoms with E-state index in [9.17, 15) is 18.0 Å². The second-order valence-corrected chi connectivity index (χ2v) is 8.58. The van der Waals surface area contributed by atoms with E-state index in [1.54, 1.807) is 0 Å². The number of carbonyl (C=O) groups excluding carboxylic acids is 1. The van der Waals surface area contributed by atoms with Crippen LogP contribution in [0.15, 0.2) is 18.5 Å². The monoisotopic (exact) mass is 398 g/mol. The number of pyridine rings is 1. The largest absolute Gasteiger partial charge is 0.418 e. The smallest absolute Gasteiger partial charge is 0.369 e. The number of amides is 1. The lowest BCUT2D eigenvalue weighted by Gasteiger charge is -2.35. The number of fused-ring (bicyclic) bond motifs is 1. The number of primary amides is 1. The number of nitrogens with zero attached hydrogens (tertiary/aromatic N) is 3. The molecule has 0 unspecified atom stereocenters. The van der Waals surface area contributed by atoms with Gasteiger partial charge in [0, 0.05) is 25.3 Å². The van der Waals surface area contributed by atoms with Gasteiger partial charge < -0.3 is 10.6 Å². The Morgan fingerprint density at radius 1 is 1.36 bits per heavy atom. The van der Waals surface area contributed by atoms with Crippen LogP contribution in [0.3, 0.4) is 0 Å². The van der Waals surface area contributed by atoms with Crippen LogP contribution in [-0.4, -0.2) is 48.0 Å². The highest BCUT2D eigenvalue weighted by Gasteiger charge is 2.47. The Bertz CT molecular complexity index is 709. The lowest BCUT2D eigenvalue weighted by molar-refractivity contribution is -0.137. The average molecular weight is 398 g/mol. The first kappa shape index (κ1) is 20.9. The molecule has 2 fully saturated rings. The Morgan fingerprint density at radius 3 is 2.68 bits per heavy atom. The molecule has 2 aliphatic rings. The Hall–Kier alpha value is -1.83. The number of hydrogen-bond donors (Lipinski definition) is 1. The minimum absolute atomic E-state index is 0.150. The zero-order valence-electron chi connectivity index (χ0n) is 16.6. The molecule has 0 aromatic carbocycles. The average Bonchev–Trinajstić information content (AvgIpc) is 3.18. The van der Waals surface area contributed by atoms with Crippen LogP contribution in [0.5, 0.6) is 0 Å². The third kappa shape index (κ3) is 4.11. The standard InChI is InChI=1S/C20H29F3N4O/c1-12(2)8-17(19(24)28)26(3)16-5-4-13-10-27(11-14(13)16)18-9-25-7-6-15(18)20(21,22)23/h6-7,9,12-14,16-17H,4-5,8,10-11H2,1-3H3,(H2,24,28)/t13-,14+,16+,17+/m1/s1. The summed E-state index contributed by atoms with van der Waals surface area (Å²) in [6.07, 6.45) is 0.674. The van der Waals surface area contributed by atoms with Gasteiger partial charge in [0.15, 0.2) is 0 Å². The number of alkyl halides is 3. The molecule has 1 aromatic rings. The maximum absolute atomic E-state index is 13.4. The molecule has 28 heavy (non-hydrogen) atoms. The molecule has 2 heterocycles. The zero-order valence-corrected chi connectivity index (χ0v) is 16.6. The summed E-state index contributed by atoms with van der Waals surface area (Å²) in [4.78, 5) is 19.8. The van der Waals surface area contributed by atoms with Crippen molar-refractivity contribution in [2.45, 2.75) is 51.4 Å². The molecule has 156 valence electrons. The predicted molar refractivity (Wildman–Crippen MR) is 102 cm³/mol. The molecule has 4 atom stereocenters. The molecule has 1 amide bonds. The van der Waals surface area contributed by atoms with E-state index in [-0.39, 0.29) is 29.6 Å². The van der Waals surface area contributed by atoms with Crippen molar-refractivity contribution in [3.63, 3.8) is 0 Å². The van der Waals surface area contributed by atoms with Gasteiger partial charge in [-0.25, -0.2) is 0 Å². The Labute approximate surface area is 164 Å². The Balaban J connectivity index is 1.78. The quantitative estimate of drug-likeness (QED) is 0.800. The number of rotatable bonds is 6. The summed E-state index contributed by atoms with van der Waals surface area (Å²) >= 11 is 0. The first-order chi connectivity index (χ1) is 13.1. The number of carbonyl (C=O) groups is 1. The number of nitrogens with two attached hydrogens (primary N) is 1. The number of halogens is 3. The molecule has 1 aliphatic heterocycles. The second-order valence-electron chi connectivity index (χ2n) is 8.58. The molecule has 1 saturated heterocycles. The molecule has 1 aliphatic carbocycles. The fourth-order valence-corrected chi connectivity index (χ4v) is 4.98. The zero-order chi connectivity index (χ0) is 20.6. The van der Waals surface area contributed by atoms with Crippen molar-refractivity contribution in [2.24, 2.45) is 23.5 Å². The molecule has 3 rings (SSSR count). The van der Waals surface area contributed by atoms with E-state index in [1.165, 1.54) is 12.4 Å². The van der Waals surface area contributed by atoms with Crippen LogP contribution >= 0.6 is 0 Å². The fourth-order valence-electron chi connectivity index (χ4n) is 4.98. The molecule has 2 N–H and O–H groups in total. The third-order valence-electron chi connectivity index (χ3n) is 6.30. The van der Waals surface area contributed by atoms with E-state index in [0.717, 1.165) is 18.9 Å². The van der Waals surface area contributed by atoms with Gasteiger partial charge in [-0.1, -0.05) is 13.8 Å². The minimum atomic E-state index is -4.40. The predicted octanol–water partition coefficient (Wildman–Crippen LogP) is 3.15. The number of aromatic nitrogens is 1. The van der Waals surface area contributed by atoms with Crippen molar-refractivity contribution >= 4 is 11.6 Å². The molecular formula is C20H29F3N4O. The van der Waals surface area contributed by atoms with Gasteiger partial charge in [0.2, 0.25) is 5.91 Å². The number of hydrogen-bond acceptors (Lipinski definition) is 4. The van der Waals surface area contributed by atoms with Crippen LogP contribution in [0.2, 0.25) is 0 Å². The van der Waals surface area contributed by atoms with Gasteiger partial charge >= 0.3 is 6.18 Å². The molecule has 0 radical (unpaired) electrons. The van der Waals surface area contributed by atoms with Crippen molar-refractivity contribution < 1.29 is 18.0 Å². The van der Waals surface area contributed by atoms with Gasteiger partial charge in [-0.3, -0.25) is 14.7 Å². The SMILES string of the molecule is CC(C)C[C@@H](C(N)=O)N(C)[C@H]1CC[C@@H]2CN(c3cnccc3C(F)(F)F)C[C@@H]21. The highest BCUT2D eigenvalue weighted by Crippen LogP contribution is 2.45. The van der Waals surface area contributed by atoms with E-state index >= 15 is 0 Å². The summed E-state index contributed by atoms with van der Waals surface area (Å²) in [6.45, 7) is 5.25. The summed E-state index contributed by atoms with van der Waals surface area (Å²) in [7, 11) is 1.93. The fraction of sp³-hybridized carbons (Fsp3) is 0.700. The summed E-state index contributed by atoms with van der Waals surface area (Å²) in [5.41, 5.74) is 5.17. The Kier molecular flexibility index (Phi) is 5.89. The first-order valence-corrected chi connectivity index (χ1v) is 9.87.